The van der Waals surface area contributed by atoms with Gasteiger partial charge >= 0.3 is 6.03 Å². The maximum atomic E-state index is 12.1. The van der Waals surface area contributed by atoms with Crippen molar-refractivity contribution in [2.45, 2.75) is 26.3 Å². The number of pyridine rings is 1. The molecule has 2 aromatic heterocycles. The Morgan fingerprint density at radius 2 is 2.04 bits per heavy atom. The highest BCUT2D eigenvalue weighted by Crippen LogP contribution is 2.10. The molecule has 0 aromatic carbocycles. The van der Waals surface area contributed by atoms with Crippen LogP contribution >= 0.6 is 0 Å². The fourth-order valence-corrected chi connectivity index (χ4v) is 1.75. The first-order valence-electron chi connectivity index (χ1n) is 7.28. The molecule has 128 valence electrons. The number of hydrogen-bond donors (Lipinski definition) is 2. The van der Waals surface area contributed by atoms with Crippen molar-refractivity contribution < 1.29 is 18.3 Å². The van der Waals surface area contributed by atoms with Crippen LogP contribution in [-0.2, 0) is 13.0 Å². The van der Waals surface area contributed by atoms with Crippen molar-refractivity contribution >= 4 is 11.7 Å². The van der Waals surface area contributed by atoms with Crippen LogP contribution in [0.1, 0.15) is 18.3 Å². The van der Waals surface area contributed by atoms with Crippen LogP contribution in [0.2, 0.25) is 0 Å². The van der Waals surface area contributed by atoms with Gasteiger partial charge in [-0.2, -0.15) is 0 Å². The average Bonchev–Trinajstić information content (AvgIpc) is 2.59. The minimum absolute atomic E-state index is 0.0820. The lowest BCUT2D eigenvalue weighted by Gasteiger charge is -2.09. The molecule has 2 aromatic rings. The van der Waals surface area contributed by atoms with Gasteiger partial charge in [0.25, 0.3) is 6.43 Å². The van der Waals surface area contributed by atoms with E-state index in [4.69, 9.17) is 4.74 Å². The molecule has 0 unspecified atom stereocenters. The second kappa shape index (κ2) is 8.70. The number of carbonyl (C=O) groups is 1. The summed E-state index contributed by atoms with van der Waals surface area (Å²) in [5, 5.41) is 5.23. The number of nitrogens with zero attached hydrogens (tertiary/aromatic N) is 3. The highest BCUT2D eigenvalue weighted by Gasteiger charge is 2.06. The first kappa shape index (κ1) is 17.5. The molecule has 2 rings (SSSR count). The quantitative estimate of drug-likeness (QED) is 0.810. The van der Waals surface area contributed by atoms with E-state index in [2.05, 4.69) is 25.6 Å². The summed E-state index contributed by atoms with van der Waals surface area (Å²) in [6.45, 7) is 1.40. The van der Waals surface area contributed by atoms with Crippen molar-refractivity contribution in [3.05, 3.63) is 42.1 Å². The van der Waals surface area contributed by atoms with Gasteiger partial charge in [-0.25, -0.2) is 28.5 Å². The molecule has 0 fully saturated rings. The Bertz CT molecular complexity index is 667. The molecular formula is C15H17F2N5O2. The number of nitrogens with one attached hydrogen (secondary N) is 2. The Hall–Kier alpha value is -2.84. The number of alkyl halides is 2. The molecule has 0 radical (unpaired) electrons. The van der Waals surface area contributed by atoms with Crippen molar-refractivity contribution in [2.75, 3.05) is 11.9 Å². The van der Waals surface area contributed by atoms with E-state index in [0.29, 0.717) is 23.5 Å². The summed E-state index contributed by atoms with van der Waals surface area (Å²) in [4.78, 5) is 23.8. The van der Waals surface area contributed by atoms with Crippen LogP contribution in [0.25, 0.3) is 0 Å². The third kappa shape index (κ3) is 5.75. The molecular weight excluding hydrogens is 320 g/mol. The molecule has 24 heavy (non-hydrogen) atoms. The third-order valence-corrected chi connectivity index (χ3v) is 2.89. The van der Waals surface area contributed by atoms with E-state index in [0.717, 1.165) is 0 Å². The molecule has 7 nitrogen and oxygen atoms in total. The van der Waals surface area contributed by atoms with Crippen LogP contribution in [0.3, 0.4) is 0 Å². The molecule has 9 heteroatoms. The van der Waals surface area contributed by atoms with E-state index in [9.17, 15) is 13.6 Å². The second-order valence-electron chi connectivity index (χ2n) is 4.75. The summed E-state index contributed by atoms with van der Waals surface area (Å²) in [5.74, 6) is 0.771. The number of amides is 2. The molecule has 0 saturated heterocycles. The number of ether oxygens (including phenoxy) is 1. The zero-order valence-corrected chi connectivity index (χ0v) is 13.0. The Morgan fingerprint density at radius 1 is 1.29 bits per heavy atom. The molecule has 0 spiro atoms. The van der Waals surface area contributed by atoms with Gasteiger partial charge in [0.05, 0.1) is 18.1 Å². The summed E-state index contributed by atoms with van der Waals surface area (Å²) >= 11 is 0. The van der Waals surface area contributed by atoms with Crippen molar-refractivity contribution in [3.63, 3.8) is 0 Å². The van der Waals surface area contributed by atoms with E-state index in [1.54, 1.807) is 6.07 Å². The zero-order chi connectivity index (χ0) is 17.4. The fraction of sp³-hybridized carbons (Fsp3) is 0.333. The van der Waals surface area contributed by atoms with Gasteiger partial charge in [-0.1, -0.05) is 6.92 Å². The van der Waals surface area contributed by atoms with Gasteiger partial charge in [0, 0.05) is 25.2 Å². The van der Waals surface area contributed by atoms with Gasteiger partial charge in [0.15, 0.2) is 6.61 Å². The fourth-order valence-electron chi connectivity index (χ4n) is 1.75. The first-order chi connectivity index (χ1) is 11.6. The molecule has 0 aliphatic carbocycles. The van der Waals surface area contributed by atoms with Crippen molar-refractivity contribution in [2.24, 2.45) is 0 Å². The van der Waals surface area contributed by atoms with E-state index < -0.39 is 19.1 Å². The number of urea groups is 1. The average molecular weight is 337 g/mol. The summed E-state index contributed by atoms with van der Waals surface area (Å²) < 4.78 is 29.0. The minimum atomic E-state index is -2.57. The third-order valence-electron chi connectivity index (χ3n) is 2.89. The van der Waals surface area contributed by atoms with Crippen LogP contribution < -0.4 is 15.4 Å². The standard InChI is InChI=1S/C15H17F2N5O2/c1-2-13-19-7-11(8-20-13)22-15(23)21-6-10-3-4-18-14(5-10)24-9-12(16)17/h3-5,7-8,12H,2,6,9H2,1H3,(H2,21,22,23). The summed E-state index contributed by atoms with van der Waals surface area (Å²) in [6, 6.07) is 2.70. The SMILES string of the molecule is CCc1ncc(NC(=O)NCc2ccnc(OCC(F)F)c2)cn1. The predicted octanol–water partition coefficient (Wildman–Crippen LogP) is 2.40. The lowest BCUT2D eigenvalue weighted by Crippen LogP contribution is -2.28. The van der Waals surface area contributed by atoms with Crippen molar-refractivity contribution in [3.8, 4) is 5.88 Å². The topological polar surface area (TPSA) is 89.0 Å². The molecule has 0 aliphatic heterocycles. The number of carbonyl (C=O) groups excluding carboxylic acids is 1. The summed E-state index contributed by atoms with van der Waals surface area (Å²) in [6.07, 6.45) is 2.61. The van der Waals surface area contributed by atoms with E-state index in [1.165, 1.54) is 24.7 Å². The number of rotatable bonds is 7. The maximum Gasteiger partial charge on any atom is 0.319 e. The Balaban J connectivity index is 1.83. The van der Waals surface area contributed by atoms with Gasteiger partial charge in [0.2, 0.25) is 5.88 Å². The normalized spacial score (nSPS) is 10.5. The van der Waals surface area contributed by atoms with Crippen LogP contribution in [0, 0.1) is 0 Å². The van der Waals surface area contributed by atoms with E-state index in [-0.39, 0.29) is 12.4 Å². The zero-order valence-electron chi connectivity index (χ0n) is 13.0. The van der Waals surface area contributed by atoms with Crippen molar-refractivity contribution in [1.82, 2.24) is 20.3 Å². The highest BCUT2D eigenvalue weighted by atomic mass is 19.3. The number of aryl methyl sites for hydroxylation is 1. The van der Waals surface area contributed by atoms with Gasteiger partial charge in [0.1, 0.15) is 5.82 Å². The number of halogens is 2. The van der Waals surface area contributed by atoms with Crippen LogP contribution in [0.15, 0.2) is 30.7 Å². The minimum Gasteiger partial charge on any atom is -0.472 e. The number of anilines is 1. The van der Waals surface area contributed by atoms with E-state index in [1.807, 2.05) is 6.92 Å². The lowest BCUT2D eigenvalue weighted by molar-refractivity contribution is 0.0795. The monoisotopic (exact) mass is 337 g/mol. The van der Waals surface area contributed by atoms with Crippen molar-refractivity contribution in [1.29, 1.82) is 0 Å². The number of hydrogen-bond acceptors (Lipinski definition) is 5. The Morgan fingerprint density at radius 3 is 2.71 bits per heavy atom. The van der Waals surface area contributed by atoms with Gasteiger partial charge in [-0.15, -0.1) is 0 Å². The van der Waals surface area contributed by atoms with Gasteiger partial charge in [-0.3, -0.25) is 0 Å². The molecule has 0 aliphatic rings. The maximum absolute atomic E-state index is 12.1. The molecule has 2 N–H and O–H groups in total. The summed E-state index contributed by atoms with van der Waals surface area (Å²) in [5.41, 5.74) is 1.14. The Kier molecular flexibility index (Phi) is 6.35. The molecule has 0 saturated carbocycles. The Labute approximate surface area is 137 Å². The van der Waals surface area contributed by atoms with Crippen LogP contribution in [0.5, 0.6) is 5.88 Å². The predicted molar refractivity (Wildman–Crippen MR) is 83.0 cm³/mol. The largest absolute Gasteiger partial charge is 0.472 e. The van der Waals surface area contributed by atoms with Crippen LogP contribution in [0.4, 0.5) is 19.3 Å². The summed E-state index contributed by atoms with van der Waals surface area (Å²) in [7, 11) is 0. The smallest absolute Gasteiger partial charge is 0.319 e. The highest BCUT2D eigenvalue weighted by molar-refractivity contribution is 5.88. The van der Waals surface area contributed by atoms with Gasteiger partial charge in [-0.05, 0) is 11.6 Å². The lowest BCUT2D eigenvalue weighted by atomic mass is 10.2. The molecule has 2 heterocycles. The van der Waals surface area contributed by atoms with E-state index >= 15 is 0 Å². The number of aromatic nitrogens is 3. The molecule has 0 atom stereocenters. The second-order valence-corrected chi connectivity index (χ2v) is 4.75. The first-order valence-corrected chi connectivity index (χ1v) is 7.28. The van der Waals surface area contributed by atoms with Crippen LogP contribution in [-0.4, -0.2) is 34.0 Å². The molecule has 0 bridgehead atoms. The molecule has 2 amide bonds. The van der Waals surface area contributed by atoms with Gasteiger partial charge < -0.3 is 15.4 Å².